The van der Waals surface area contributed by atoms with E-state index in [2.05, 4.69) is 4.99 Å². The Morgan fingerprint density at radius 1 is 1.25 bits per heavy atom. The summed E-state index contributed by atoms with van der Waals surface area (Å²) in [5.74, 6) is -0.233. The van der Waals surface area contributed by atoms with Gasteiger partial charge in [0.25, 0.3) is 0 Å². The molecule has 0 atom stereocenters. The third-order valence-electron chi connectivity index (χ3n) is 1.61. The molecule has 0 bridgehead atoms. The maximum absolute atomic E-state index is 11.2. The number of hydrogen-bond donors (Lipinski definition) is 0. The number of Topliss-reactive ketones (excluding diaryl/α,β-unsaturated/α-hetero) is 1. The zero-order valence-electron chi connectivity index (χ0n) is 5.84. The minimum atomic E-state index is -0.233. The van der Waals surface area contributed by atoms with Crippen molar-refractivity contribution in [3.05, 3.63) is 28.8 Å². The predicted molar refractivity (Wildman–Crippen MR) is 48.7 cm³/mol. The topological polar surface area (TPSA) is 29.4 Å². The third kappa shape index (κ3) is 1.04. The van der Waals surface area contributed by atoms with Crippen LogP contribution in [0.5, 0.6) is 0 Å². The average Bonchev–Trinajstić information content (AvgIpc) is 2.28. The molecule has 2 nitrogen and oxygen atoms in total. The van der Waals surface area contributed by atoms with E-state index in [1.165, 1.54) is 0 Å². The van der Waals surface area contributed by atoms with Gasteiger partial charge in [0.1, 0.15) is 0 Å². The quantitative estimate of drug-likeness (QED) is 0.632. The minimum absolute atomic E-state index is 0.00673. The van der Waals surface area contributed by atoms with Gasteiger partial charge in [-0.05, 0) is 18.2 Å². The molecule has 0 amide bonds. The van der Waals surface area contributed by atoms with Crippen LogP contribution in [0.2, 0.25) is 5.02 Å². The van der Waals surface area contributed by atoms with Gasteiger partial charge in [-0.1, -0.05) is 23.2 Å². The smallest absolute Gasteiger partial charge is 0.225 e. The molecule has 1 aromatic rings. The Hall–Kier alpha value is -0.860. The number of aliphatic imine (C=N–C) groups is 1. The van der Waals surface area contributed by atoms with Crippen LogP contribution >= 0.6 is 23.2 Å². The maximum Gasteiger partial charge on any atom is 0.225 e. The largest absolute Gasteiger partial charge is 0.286 e. The molecular formula is C8H3Cl2NO. The van der Waals surface area contributed by atoms with Crippen molar-refractivity contribution in [2.75, 3.05) is 0 Å². The summed E-state index contributed by atoms with van der Waals surface area (Å²) in [6.45, 7) is 0. The Bertz CT molecular complexity index is 398. The molecule has 0 spiro atoms. The van der Waals surface area contributed by atoms with Crippen LogP contribution in [0, 0.1) is 0 Å². The molecule has 0 N–H and O–H groups in total. The van der Waals surface area contributed by atoms with Crippen molar-refractivity contribution >= 4 is 39.8 Å². The molecule has 60 valence electrons. The number of ketones is 1. The van der Waals surface area contributed by atoms with Gasteiger partial charge in [-0.3, -0.25) is 4.79 Å². The van der Waals surface area contributed by atoms with Gasteiger partial charge in [0, 0.05) is 5.02 Å². The van der Waals surface area contributed by atoms with Gasteiger partial charge >= 0.3 is 0 Å². The lowest BCUT2D eigenvalue weighted by atomic mass is 10.1. The summed E-state index contributed by atoms with van der Waals surface area (Å²) in [4.78, 5) is 15.0. The number of rotatable bonds is 0. The molecule has 0 radical (unpaired) electrons. The highest BCUT2D eigenvalue weighted by Gasteiger charge is 2.22. The second-order valence-electron chi connectivity index (χ2n) is 2.39. The fourth-order valence-electron chi connectivity index (χ4n) is 1.06. The van der Waals surface area contributed by atoms with Gasteiger partial charge in [0.05, 0.1) is 11.3 Å². The van der Waals surface area contributed by atoms with Crippen LogP contribution < -0.4 is 0 Å². The van der Waals surface area contributed by atoms with E-state index in [1.54, 1.807) is 18.2 Å². The summed E-state index contributed by atoms with van der Waals surface area (Å²) < 4.78 is 0. The number of carbonyl (C=O) groups excluding carboxylic acids is 1. The summed E-state index contributed by atoms with van der Waals surface area (Å²) in [7, 11) is 0. The van der Waals surface area contributed by atoms with Crippen molar-refractivity contribution in [2.24, 2.45) is 4.99 Å². The molecule has 4 heteroatoms. The number of halogens is 2. The molecule has 0 aliphatic carbocycles. The van der Waals surface area contributed by atoms with Crippen molar-refractivity contribution in [2.45, 2.75) is 0 Å². The van der Waals surface area contributed by atoms with Crippen LogP contribution in [0.25, 0.3) is 0 Å². The number of nitrogens with zero attached hydrogens (tertiary/aromatic N) is 1. The summed E-state index contributed by atoms with van der Waals surface area (Å²) in [6, 6.07) is 4.88. The summed E-state index contributed by atoms with van der Waals surface area (Å²) in [6.07, 6.45) is 0. The van der Waals surface area contributed by atoms with E-state index in [-0.39, 0.29) is 11.0 Å². The van der Waals surface area contributed by atoms with Crippen LogP contribution in [0.4, 0.5) is 5.69 Å². The molecule has 0 aromatic heterocycles. The van der Waals surface area contributed by atoms with Crippen LogP contribution in [0.15, 0.2) is 23.2 Å². The van der Waals surface area contributed by atoms with Gasteiger partial charge in [0.15, 0.2) is 5.17 Å². The highest BCUT2D eigenvalue weighted by molar-refractivity contribution is 6.86. The van der Waals surface area contributed by atoms with Crippen molar-refractivity contribution in [3.8, 4) is 0 Å². The second-order valence-corrected chi connectivity index (χ2v) is 3.19. The highest BCUT2D eigenvalue weighted by Crippen LogP contribution is 2.30. The molecule has 1 aliphatic heterocycles. The van der Waals surface area contributed by atoms with Crippen molar-refractivity contribution in [1.82, 2.24) is 0 Å². The van der Waals surface area contributed by atoms with Crippen molar-refractivity contribution < 1.29 is 4.79 Å². The lowest BCUT2D eigenvalue weighted by Gasteiger charge is -1.93. The van der Waals surface area contributed by atoms with Crippen LogP contribution in [0.1, 0.15) is 10.4 Å². The molecular weight excluding hydrogens is 197 g/mol. The summed E-state index contributed by atoms with van der Waals surface area (Å²) >= 11 is 11.2. The van der Waals surface area contributed by atoms with Gasteiger partial charge in [-0.2, -0.15) is 0 Å². The zero-order valence-corrected chi connectivity index (χ0v) is 7.36. The van der Waals surface area contributed by atoms with Crippen LogP contribution in [-0.2, 0) is 0 Å². The number of benzene rings is 1. The summed E-state index contributed by atoms with van der Waals surface area (Å²) in [5, 5.41) is 0.559. The third-order valence-corrected chi connectivity index (χ3v) is 2.10. The predicted octanol–water partition coefficient (Wildman–Crippen LogP) is 2.81. The molecule has 1 aliphatic rings. The van der Waals surface area contributed by atoms with E-state index in [0.29, 0.717) is 16.3 Å². The van der Waals surface area contributed by atoms with Crippen LogP contribution in [0.3, 0.4) is 0 Å². The summed E-state index contributed by atoms with van der Waals surface area (Å²) in [5.41, 5.74) is 1.07. The number of hydrogen-bond acceptors (Lipinski definition) is 2. The second kappa shape index (κ2) is 2.57. The van der Waals surface area contributed by atoms with E-state index >= 15 is 0 Å². The van der Waals surface area contributed by atoms with E-state index < -0.39 is 0 Å². The molecule has 1 aromatic carbocycles. The highest BCUT2D eigenvalue weighted by atomic mass is 35.5. The molecule has 1 heterocycles. The lowest BCUT2D eigenvalue weighted by molar-refractivity contribution is 0.107. The van der Waals surface area contributed by atoms with Gasteiger partial charge in [-0.25, -0.2) is 4.99 Å². The normalized spacial score (nSPS) is 14.5. The van der Waals surface area contributed by atoms with Gasteiger partial charge in [-0.15, -0.1) is 0 Å². The Balaban J connectivity index is 2.65. The molecule has 0 saturated heterocycles. The molecule has 0 unspecified atom stereocenters. The first-order valence-electron chi connectivity index (χ1n) is 3.27. The van der Waals surface area contributed by atoms with Crippen molar-refractivity contribution in [3.63, 3.8) is 0 Å². The number of fused-ring (bicyclic) bond motifs is 1. The molecule has 12 heavy (non-hydrogen) atoms. The maximum atomic E-state index is 11.2. The first kappa shape index (κ1) is 7.77. The first-order valence-corrected chi connectivity index (χ1v) is 4.02. The fraction of sp³-hybridized carbons (Fsp3) is 0. The Kier molecular flexibility index (Phi) is 1.67. The monoisotopic (exact) mass is 199 g/mol. The van der Waals surface area contributed by atoms with Gasteiger partial charge in [0.2, 0.25) is 5.78 Å². The molecule has 2 rings (SSSR count). The first-order chi connectivity index (χ1) is 5.68. The van der Waals surface area contributed by atoms with E-state index in [0.717, 1.165) is 0 Å². The molecule has 0 saturated carbocycles. The minimum Gasteiger partial charge on any atom is -0.286 e. The average molecular weight is 200 g/mol. The lowest BCUT2D eigenvalue weighted by Crippen LogP contribution is -2.00. The standard InChI is InChI=1S/C8H3Cl2NO/c9-4-1-2-5-6(3-4)11-8(10)7(5)12/h1-3H. The Morgan fingerprint density at radius 3 is 2.75 bits per heavy atom. The zero-order chi connectivity index (χ0) is 8.72. The number of carbonyl (C=O) groups is 1. The van der Waals surface area contributed by atoms with Crippen LogP contribution in [-0.4, -0.2) is 11.0 Å². The fourth-order valence-corrected chi connectivity index (χ4v) is 1.42. The van der Waals surface area contributed by atoms with E-state index in [4.69, 9.17) is 23.2 Å². The van der Waals surface area contributed by atoms with E-state index in [9.17, 15) is 4.79 Å². The van der Waals surface area contributed by atoms with Crippen molar-refractivity contribution in [1.29, 1.82) is 0 Å². The Labute approximate surface area is 78.8 Å². The molecule has 0 fully saturated rings. The van der Waals surface area contributed by atoms with Gasteiger partial charge < -0.3 is 0 Å². The van der Waals surface area contributed by atoms with E-state index in [1.807, 2.05) is 0 Å². The SMILES string of the molecule is O=C1C(Cl)=Nc2cc(Cl)ccc21. The Morgan fingerprint density at radius 2 is 2.00 bits per heavy atom.